The van der Waals surface area contributed by atoms with Crippen molar-refractivity contribution < 1.29 is 0 Å². The van der Waals surface area contributed by atoms with Crippen LogP contribution in [0.4, 0.5) is 0 Å². The molecule has 250 valence electrons. The molecule has 9 aromatic carbocycles. The number of fused-ring (bicyclic) bond motifs is 4. The van der Waals surface area contributed by atoms with Crippen molar-refractivity contribution in [2.75, 3.05) is 0 Å². The van der Waals surface area contributed by atoms with Crippen LogP contribution < -0.4 is 0 Å². The van der Waals surface area contributed by atoms with Crippen LogP contribution in [-0.2, 0) is 0 Å². The van der Waals surface area contributed by atoms with Crippen LogP contribution in [0.25, 0.3) is 99.2 Å². The minimum Gasteiger partial charge on any atom is -0.228 e. The van der Waals surface area contributed by atoms with Gasteiger partial charge in [0.1, 0.15) is 0 Å². The second-order valence-electron chi connectivity index (χ2n) is 13.6. The topological polar surface area (TPSA) is 49.6 Å². The molecule has 0 atom stereocenters. The molecule has 0 saturated heterocycles. The van der Waals surface area contributed by atoms with Gasteiger partial charge in [0.25, 0.3) is 0 Å². The first-order valence-corrected chi connectivity index (χ1v) is 18.1. The van der Waals surface area contributed by atoms with Crippen molar-refractivity contribution in [1.29, 1.82) is 5.26 Å². The Morgan fingerprint density at radius 3 is 1.41 bits per heavy atom. The lowest BCUT2D eigenvalue weighted by Crippen LogP contribution is -1.96. The lowest BCUT2D eigenvalue weighted by Gasteiger charge is -2.16. The Balaban J connectivity index is 1.06. The number of hydrogen-bond donors (Lipinski definition) is 0. The van der Waals surface area contributed by atoms with E-state index in [1.165, 1.54) is 43.6 Å². The summed E-state index contributed by atoms with van der Waals surface area (Å²) in [5, 5.41) is 17.5. The predicted octanol–water partition coefficient (Wildman–Crippen LogP) is 13.3. The maximum Gasteiger partial charge on any atom is 0.161 e. The zero-order valence-electron chi connectivity index (χ0n) is 29.2. The number of nitriles is 1. The molecule has 0 fully saturated rings. The fourth-order valence-corrected chi connectivity index (χ4v) is 7.94. The molecule has 0 amide bonds. The van der Waals surface area contributed by atoms with Crippen LogP contribution in [0.15, 0.2) is 188 Å². The van der Waals surface area contributed by atoms with E-state index >= 15 is 0 Å². The summed E-state index contributed by atoms with van der Waals surface area (Å²) >= 11 is 0. The van der Waals surface area contributed by atoms with Gasteiger partial charge in [-0.15, -0.1) is 0 Å². The summed E-state index contributed by atoms with van der Waals surface area (Å²) in [6.07, 6.45) is 0. The number of rotatable bonds is 5. The summed E-state index contributed by atoms with van der Waals surface area (Å²) in [5.74, 6) is 0.726. The molecule has 1 aromatic heterocycles. The van der Waals surface area contributed by atoms with Gasteiger partial charge in [0.05, 0.1) is 22.8 Å². The summed E-state index contributed by atoms with van der Waals surface area (Å²) in [6, 6.07) is 68.2. The van der Waals surface area contributed by atoms with E-state index in [2.05, 4.69) is 164 Å². The highest BCUT2D eigenvalue weighted by atomic mass is 14.9. The van der Waals surface area contributed by atoms with Gasteiger partial charge in [0, 0.05) is 16.5 Å². The van der Waals surface area contributed by atoms with Crippen molar-refractivity contribution in [3.63, 3.8) is 0 Å². The van der Waals surface area contributed by atoms with Gasteiger partial charge in [-0.2, -0.15) is 5.26 Å². The van der Waals surface area contributed by atoms with Gasteiger partial charge >= 0.3 is 0 Å². The van der Waals surface area contributed by atoms with E-state index in [-0.39, 0.29) is 0 Å². The lowest BCUT2D eigenvalue weighted by molar-refractivity contribution is 1.23. The summed E-state index contributed by atoms with van der Waals surface area (Å²) in [4.78, 5) is 10.3. The Hall–Kier alpha value is -7.41. The van der Waals surface area contributed by atoms with E-state index in [4.69, 9.17) is 9.97 Å². The minimum absolute atomic E-state index is 0.662. The van der Waals surface area contributed by atoms with Crippen molar-refractivity contribution in [1.82, 2.24) is 9.97 Å². The number of nitrogens with zero attached hydrogens (tertiary/aromatic N) is 3. The summed E-state index contributed by atoms with van der Waals surface area (Å²) in [5.41, 5.74) is 11.6. The monoisotopic (exact) mass is 685 g/mol. The second-order valence-corrected chi connectivity index (χ2v) is 13.6. The van der Waals surface area contributed by atoms with Crippen LogP contribution in [0.1, 0.15) is 5.56 Å². The Morgan fingerprint density at radius 2 is 0.796 bits per heavy atom. The van der Waals surface area contributed by atoms with Crippen molar-refractivity contribution in [2.45, 2.75) is 0 Å². The fourth-order valence-electron chi connectivity index (χ4n) is 7.94. The van der Waals surface area contributed by atoms with E-state index in [0.29, 0.717) is 5.56 Å². The number of benzene rings is 9. The Morgan fingerprint density at radius 1 is 0.333 bits per heavy atom. The highest BCUT2D eigenvalue weighted by molar-refractivity contribution is 6.12. The molecule has 0 bridgehead atoms. The van der Waals surface area contributed by atoms with Gasteiger partial charge in [-0.1, -0.05) is 170 Å². The van der Waals surface area contributed by atoms with E-state index in [1.54, 1.807) is 0 Å². The summed E-state index contributed by atoms with van der Waals surface area (Å²) in [6.45, 7) is 0. The average molecular weight is 686 g/mol. The molecule has 0 saturated carbocycles. The van der Waals surface area contributed by atoms with Crippen LogP contribution in [0, 0.1) is 11.3 Å². The van der Waals surface area contributed by atoms with Crippen molar-refractivity contribution >= 4 is 43.2 Å². The smallest absolute Gasteiger partial charge is 0.161 e. The highest BCUT2D eigenvalue weighted by Crippen LogP contribution is 2.41. The van der Waals surface area contributed by atoms with Crippen LogP contribution in [0.3, 0.4) is 0 Å². The molecule has 0 spiro atoms. The van der Waals surface area contributed by atoms with Crippen LogP contribution in [0.2, 0.25) is 0 Å². The molecule has 0 unspecified atom stereocenters. The minimum atomic E-state index is 0.662. The van der Waals surface area contributed by atoms with Crippen molar-refractivity contribution in [3.05, 3.63) is 194 Å². The van der Waals surface area contributed by atoms with Gasteiger partial charge in [0.15, 0.2) is 5.82 Å². The van der Waals surface area contributed by atoms with Crippen LogP contribution in [0.5, 0.6) is 0 Å². The van der Waals surface area contributed by atoms with Crippen LogP contribution in [-0.4, -0.2) is 9.97 Å². The first-order valence-electron chi connectivity index (χ1n) is 18.1. The molecule has 1 heterocycles. The second kappa shape index (κ2) is 13.0. The van der Waals surface area contributed by atoms with Crippen molar-refractivity contribution in [3.8, 4) is 62.1 Å². The molecule has 54 heavy (non-hydrogen) atoms. The van der Waals surface area contributed by atoms with Crippen LogP contribution >= 0.6 is 0 Å². The molecule has 0 N–H and O–H groups in total. The van der Waals surface area contributed by atoms with Gasteiger partial charge in [-0.05, 0) is 83.9 Å². The number of para-hydroxylation sites is 1. The maximum atomic E-state index is 9.32. The van der Waals surface area contributed by atoms with E-state index in [1.807, 2.05) is 30.3 Å². The zero-order chi connectivity index (χ0) is 36.0. The molecule has 3 nitrogen and oxygen atoms in total. The van der Waals surface area contributed by atoms with Gasteiger partial charge in [-0.25, -0.2) is 9.97 Å². The van der Waals surface area contributed by atoms with Gasteiger partial charge < -0.3 is 0 Å². The van der Waals surface area contributed by atoms with E-state index < -0.39 is 0 Å². The number of aromatic nitrogens is 2. The fraction of sp³-hybridized carbons (Fsp3) is 0. The molecule has 10 aromatic rings. The SMILES string of the molecule is N#Cc1ccc(-c2ccc(-c3ccc(-c4ccc(-c5nc(-c6cccc7ccccc67)nc6ccccc56)cc4)c4ccccc34)c3ccccc23)cc1. The van der Waals surface area contributed by atoms with Crippen molar-refractivity contribution in [2.24, 2.45) is 0 Å². The maximum absolute atomic E-state index is 9.32. The molecule has 0 aliphatic heterocycles. The Labute approximate surface area is 313 Å². The van der Waals surface area contributed by atoms with E-state index in [9.17, 15) is 5.26 Å². The first-order chi connectivity index (χ1) is 26.7. The molecule has 0 aliphatic carbocycles. The average Bonchev–Trinajstić information content (AvgIpc) is 3.25. The molecular weight excluding hydrogens is 655 g/mol. The largest absolute Gasteiger partial charge is 0.228 e. The first kappa shape index (κ1) is 31.3. The predicted molar refractivity (Wildman–Crippen MR) is 224 cm³/mol. The molecular formula is C51H31N3. The normalized spacial score (nSPS) is 11.3. The molecule has 0 radical (unpaired) electrons. The van der Waals surface area contributed by atoms with E-state index in [0.717, 1.165) is 55.6 Å². The lowest BCUT2D eigenvalue weighted by atomic mass is 9.88. The molecule has 10 rings (SSSR count). The van der Waals surface area contributed by atoms with Gasteiger partial charge in [0.2, 0.25) is 0 Å². The molecule has 0 aliphatic rings. The zero-order valence-corrected chi connectivity index (χ0v) is 29.2. The van der Waals surface area contributed by atoms with Gasteiger partial charge in [-0.3, -0.25) is 0 Å². The molecule has 3 heteroatoms. The quantitative estimate of drug-likeness (QED) is 0.181. The third kappa shape index (κ3) is 5.29. The third-order valence-electron chi connectivity index (χ3n) is 10.6. The third-order valence-corrected chi connectivity index (χ3v) is 10.6. The number of hydrogen-bond acceptors (Lipinski definition) is 3. The standard InChI is InChI=1S/C51H31N3/c52-32-33-20-22-35(23-21-33)39-28-30-45(43-15-5-3-13-41(39)43)46-31-29-40(42-14-4-6-16-44(42)46)36-24-26-37(27-25-36)50-48-17-7-8-19-49(48)53-51(54-50)47-18-9-11-34-10-1-2-12-38(34)47/h1-31H. The summed E-state index contributed by atoms with van der Waals surface area (Å²) < 4.78 is 0. The summed E-state index contributed by atoms with van der Waals surface area (Å²) in [7, 11) is 0. The highest BCUT2D eigenvalue weighted by Gasteiger charge is 2.16. The Bertz CT molecular complexity index is 3090. The Kier molecular flexibility index (Phi) is 7.53.